The van der Waals surface area contributed by atoms with Gasteiger partial charge in [-0.1, -0.05) is 42.1 Å². The minimum Gasteiger partial charge on any atom is -0.298 e. The van der Waals surface area contributed by atoms with E-state index in [9.17, 15) is 4.79 Å². The Kier molecular flexibility index (Phi) is 5.35. The fraction of sp³-hybridized carbons (Fsp3) is 0.0588. The van der Waals surface area contributed by atoms with Crippen molar-refractivity contribution in [1.82, 2.24) is 15.0 Å². The molecule has 0 radical (unpaired) electrons. The molecule has 0 spiro atoms. The fourth-order valence-electron chi connectivity index (χ4n) is 1.91. The minimum atomic E-state index is -0.238. The molecule has 0 bridgehead atoms. The molecule has 7 heteroatoms. The molecule has 0 saturated heterocycles. The molecule has 1 aromatic carbocycles. The third-order valence-corrected chi connectivity index (χ3v) is 4.40. The Morgan fingerprint density at radius 2 is 1.96 bits per heavy atom. The predicted molar refractivity (Wildman–Crippen MR) is 99.0 cm³/mol. The van der Waals surface area contributed by atoms with Crippen molar-refractivity contribution in [3.63, 3.8) is 0 Å². The molecule has 2 heterocycles. The summed E-state index contributed by atoms with van der Waals surface area (Å²) in [4.78, 5) is 24.7. The molecule has 0 aliphatic rings. The molecule has 24 heavy (non-hydrogen) atoms. The van der Waals surface area contributed by atoms with Crippen LogP contribution < -0.4 is 5.32 Å². The number of hydrogen-bond acceptors (Lipinski definition) is 6. The predicted octanol–water partition coefficient (Wildman–Crippen LogP) is 3.97. The van der Waals surface area contributed by atoms with Gasteiger partial charge in [0.15, 0.2) is 10.3 Å². The van der Waals surface area contributed by atoms with Crippen molar-refractivity contribution >= 4 is 40.2 Å². The van der Waals surface area contributed by atoms with Crippen molar-refractivity contribution < 1.29 is 4.79 Å². The van der Waals surface area contributed by atoms with Gasteiger partial charge in [-0.25, -0.2) is 15.0 Å². The first-order valence-electron chi connectivity index (χ1n) is 7.10. The summed E-state index contributed by atoms with van der Waals surface area (Å²) in [6.45, 7) is 0. The highest BCUT2D eigenvalue weighted by Crippen LogP contribution is 2.24. The van der Waals surface area contributed by atoms with Gasteiger partial charge in [0.05, 0.1) is 5.69 Å². The number of anilines is 1. The zero-order valence-corrected chi connectivity index (χ0v) is 14.5. The lowest BCUT2D eigenvalue weighted by Crippen LogP contribution is -2.07. The van der Waals surface area contributed by atoms with Gasteiger partial charge in [-0.2, -0.15) is 0 Å². The van der Waals surface area contributed by atoms with E-state index < -0.39 is 0 Å². The number of carbonyl (C=O) groups is 1. The maximum Gasteiger partial charge on any atom is 0.250 e. The van der Waals surface area contributed by atoms with E-state index in [-0.39, 0.29) is 5.91 Å². The minimum absolute atomic E-state index is 0.238. The number of thioether (sulfide) groups is 1. The molecule has 120 valence electrons. The van der Waals surface area contributed by atoms with E-state index in [1.165, 1.54) is 29.2 Å². The Bertz CT molecular complexity index is 845. The number of hydrogen-bond donors (Lipinski definition) is 1. The number of rotatable bonds is 5. The molecule has 2 aromatic heterocycles. The number of amides is 1. The molecule has 3 rings (SSSR count). The number of nitrogens with one attached hydrogen (secondary N) is 1. The Balaban J connectivity index is 1.62. The lowest BCUT2D eigenvalue weighted by molar-refractivity contribution is -0.111. The summed E-state index contributed by atoms with van der Waals surface area (Å²) in [5.74, 6) is -0.238. The second kappa shape index (κ2) is 7.85. The van der Waals surface area contributed by atoms with Gasteiger partial charge in [0.1, 0.15) is 0 Å². The van der Waals surface area contributed by atoms with Gasteiger partial charge in [0, 0.05) is 35.0 Å². The van der Waals surface area contributed by atoms with E-state index in [0.29, 0.717) is 10.3 Å². The van der Waals surface area contributed by atoms with Crippen molar-refractivity contribution in [2.75, 3.05) is 11.6 Å². The second-order valence-corrected chi connectivity index (χ2v) is 6.36. The van der Waals surface area contributed by atoms with Crippen molar-refractivity contribution in [3.8, 4) is 11.3 Å². The average Bonchev–Trinajstić information content (AvgIpc) is 3.09. The van der Waals surface area contributed by atoms with Crippen LogP contribution in [0.5, 0.6) is 0 Å². The van der Waals surface area contributed by atoms with Crippen LogP contribution in [0.15, 0.2) is 59.3 Å². The summed E-state index contributed by atoms with van der Waals surface area (Å²) in [6.07, 6.45) is 8.39. The van der Waals surface area contributed by atoms with Gasteiger partial charge in [-0.15, -0.1) is 11.3 Å². The van der Waals surface area contributed by atoms with Crippen LogP contribution in [-0.2, 0) is 4.79 Å². The maximum atomic E-state index is 12.0. The summed E-state index contributed by atoms with van der Waals surface area (Å²) in [5, 5.41) is 5.95. The van der Waals surface area contributed by atoms with E-state index in [1.807, 2.05) is 42.0 Å². The number of benzene rings is 1. The quantitative estimate of drug-likeness (QED) is 0.426. The number of thiazole rings is 1. The second-order valence-electron chi connectivity index (χ2n) is 4.73. The van der Waals surface area contributed by atoms with E-state index in [0.717, 1.165) is 16.8 Å². The molecule has 0 aliphatic carbocycles. The van der Waals surface area contributed by atoms with Gasteiger partial charge in [-0.3, -0.25) is 10.1 Å². The molecule has 0 unspecified atom stereocenters. The van der Waals surface area contributed by atoms with Crippen LogP contribution in [-0.4, -0.2) is 27.1 Å². The maximum absolute atomic E-state index is 12.0. The zero-order valence-electron chi connectivity index (χ0n) is 12.8. The number of carbonyl (C=O) groups excluding carboxylic acids is 1. The van der Waals surface area contributed by atoms with E-state index in [4.69, 9.17) is 0 Å². The number of nitrogens with zero attached hydrogens (tertiary/aromatic N) is 3. The van der Waals surface area contributed by atoms with Gasteiger partial charge >= 0.3 is 0 Å². The first-order chi connectivity index (χ1) is 11.7. The summed E-state index contributed by atoms with van der Waals surface area (Å²) in [5.41, 5.74) is 2.64. The lowest BCUT2D eigenvalue weighted by Gasteiger charge is -1.97. The Hall–Kier alpha value is -2.51. The largest absolute Gasteiger partial charge is 0.298 e. The van der Waals surface area contributed by atoms with E-state index in [1.54, 1.807) is 18.5 Å². The van der Waals surface area contributed by atoms with Crippen LogP contribution in [0.4, 0.5) is 5.13 Å². The van der Waals surface area contributed by atoms with Gasteiger partial charge in [0.25, 0.3) is 0 Å². The van der Waals surface area contributed by atoms with Crippen LogP contribution in [0.25, 0.3) is 17.3 Å². The third kappa shape index (κ3) is 4.27. The summed E-state index contributed by atoms with van der Waals surface area (Å²) in [7, 11) is 0. The molecular formula is C17H14N4OS2. The van der Waals surface area contributed by atoms with Crippen molar-refractivity contribution in [2.24, 2.45) is 0 Å². The van der Waals surface area contributed by atoms with Crippen LogP contribution in [0.1, 0.15) is 5.56 Å². The Labute approximate surface area is 147 Å². The summed E-state index contributed by atoms with van der Waals surface area (Å²) < 4.78 is 0. The summed E-state index contributed by atoms with van der Waals surface area (Å²) in [6, 6.07) is 9.84. The average molecular weight is 354 g/mol. The van der Waals surface area contributed by atoms with E-state index in [2.05, 4.69) is 20.3 Å². The SMILES string of the molecule is CSc1ncc(/C=C/C(=O)Nc2nc(-c3ccccc3)cs2)cn1. The first kappa shape index (κ1) is 16.4. The molecule has 3 aromatic rings. The molecule has 0 saturated carbocycles. The van der Waals surface area contributed by atoms with Crippen molar-refractivity contribution in [2.45, 2.75) is 5.16 Å². The monoisotopic (exact) mass is 354 g/mol. The molecule has 0 atom stereocenters. The zero-order chi connectivity index (χ0) is 16.8. The fourth-order valence-corrected chi connectivity index (χ4v) is 2.95. The van der Waals surface area contributed by atoms with Crippen molar-refractivity contribution in [3.05, 3.63) is 59.7 Å². The molecule has 0 aliphatic heterocycles. The van der Waals surface area contributed by atoms with E-state index >= 15 is 0 Å². The first-order valence-corrected chi connectivity index (χ1v) is 9.21. The lowest BCUT2D eigenvalue weighted by atomic mass is 10.2. The Morgan fingerprint density at radius 3 is 2.67 bits per heavy atom. The number of aromatic nitrogens is 3. The van der Waals surface area contributed by atoms with Gasteiger partial charge in [-0.05, 0) is 12.3 Å². The van der Waals surface area contributed by atoms with Gasteiger partial charge in [0.2, 0.25) is 5.91 Å². The van der Waals surface area contributed by atoms with Crippen LogP contribution >= 0.6 is 23.1 Å². The Morgan fingerprint density at radius 1 is 1.21 bits per heavy atom. The highest BCUT2D eigenvalue weighted by atomic mass is 32.2. The normalized spacial score (nSPS) is 10.9. The molecule has 5 nitrogen and oxygen atoms in total. The van der Waals surface area contributed by atoms with Crippen molar-refractivity contribution in [1.29, 1.82) is 0 Å². The molecule has 1 amide bonds. The van der Waals surface area contributed by atoms with Crippen LogP contribution in [0, 0.1) is 0 Å². The van der Waals surface area contributed by atoms with Crippen LogP contribution in [0.2, 0.25) is 0 Å². The molecular weight excluding hydrogens is 340 g/mol. The van der Waals surface area contributed by atoms with Gasteiger partial charge < -0.3 is 0 Å². The third-order valence-electron chi connectivity index (χ3n) is 3.06. The smallest absolute Gasteiger partial charge is 0.250 e. The molecule has 1 N–H and O–H groups in total. The topological polar surface area (TPSA) is 67.8 Å². The highest BCUT2D eigenvalue weighted by Gasteiger charge is 2.06. The summed E-state index contributed by atoms with van der Waals surface area (Å²) >= 11 is 2.87. The highest BCUT2D eigenvalue weighted by molar-refractivity contribution is 7.98. The standard InChI is InChI=1S/C17H14N4OS2/c1-23-16-18-9-12(10-19-16)7-8-15(22)21-17-20-14(11-24-17)13-5-3-2-4-6-13/h2-11H,1H3,(H,20,21,22)/b8-7+. The molecule has 0 fully saturated rings. The van der Waals surface area contributed by atoms with Crippen LogP contribution in [0.3, 0.4) is 0 Å².